The number of aliphatic hydroxyl groups excluding tert-OH is 1. The van der Waals surface area contributed by atoms with Gasteiger partial charge in [-0.05, 0) is 48.4 Å². The predicted octanol–water partition coefficient (Wildman–Crippen LogP) is 3.73. The molecule has 0 aromatic carbocycles. The molecular formula is C28H35ClN2O8S2. The minimum Gasteiger partial charge on any atom is -0.453 e. The summed E-state index contributed by atoms with van der Waals surface area (Å²) in [4.78, 5) is 31.1. The number of rotatable bonds is 5. The molecule has 6 rings (SSSR count). The molecule has 224 valence electrons. The highest BCUT2D eigenvalue weighted by Crippen LogP contribution is 2.33. The number of fused-ring (bicyclic) bond motifs is 2. The Balaban J connectivity index is 0.000000156. The summed E-state index contributed by atoms with van der Waals surface area (Å²) in [5.74, 6) is 0.436. The first-order valence-electron chi connectivity index (χ1n) is 13.3. The van der Waals surface area contributed by atoms with Gasteiger partial charge in [0.1, 0.15) is 28.4 Å². The van der Waals surface area contributed by atoms with Crippen LogP contribution in [-0.2, 0) is 23.7 Å². The van der Waals surface area contributed by atoms with E-state index in [1.54, 1.807) is 36.7 Å². The number of nitrogens with zero attached hydrogens (tertiary/aromatic N) is 2. The van der Waals surface area contributed by atoms with Crippen molar-refractivity contribution in [3.63, 3.8) is 0 Å². The van der Waals surface area contributed by atoms with E-state index < -0.39 is 11.3 Å². The van der Waals surface area contributed by atoms with Gasteiger partial charge in [0.05, 0.1) is 49.8 Å². The van der Waals surface area contributed by atoms with Crippen LogP contribution in [0, 0.1) is 11.8 Å². The number of thioether (sulfide) groups is 2. The number of hydrogen-bond donors (Lipinski definition) is 1. The summed E-state index contributed by atoms with van der Waals surface area (Å²) in [5, 5.41) is 10.2. The van der Waals surface area contributed by atoms with Gasteiger partial charge in [-0.25, -0.2) is 14.8 Å². The van der Waals surface area contributed by atoms with Gasteiger partial charge in [-0.3, -0.25) is 4.79 Å². The van der Waals surface area contributed by atoms with E-state index in [-0.39, 0.29) is 36.5 Å². The van der Waals surface area contributed by atoms with Crippen LogP contribution in [0.1, 0.15) is 34.6 Å². The molecule has 10 nitrogen and oxygen atoms in total. The summed E-state index contributed by atoms with van der Waals surface area (Å²) in [6, 6.07) is 6.81. The first-order valence-corrected chi connectivity index (χ1v) is 16.1. The minimum atomic E-state index is -0.456. The third-order valence-corrected chi connectivity index (χ3v) is 8.78. The van der Waals surface area contributed by atoms with Gasteiger partial charge >= 0.3 is 5.97 Å². The molecule has 0 spiro atoms. The summed E-state index contributed by atoms with van der Waals surface area (Å²) in [6.07, 6.45) is 6.33. The number of halogens is 1. The van der Waals surface area contributed by atoms with Gasteiger partial charge in [0.25, 0.3) is 5.24 Å². The Morgan fingerprint density at radius 1 is 0.829 bits per heavy atom. The van der Waals surface area contributed by atoms with Crippen LogP contribution >= 0.6 is 35.1 Å². The van der Waals surface area contributed by atoms with Crippen LogP contribution in [0.25, 0.3) is 0 Å². The maximum Gasteiger partial charge on any atom is 0.341 e. The molecule has 0 bridgehead atoms. The summed E-state index contributed by atoms with van der Waals surface area (Å²) < 4.78 is 27.6. The standard InChI is InChI=1S/C14H17NO4S.C7H6ClNOS.C7H12O3/c1-8-6-17-12-10(7-18-11(8)12)19-14(16)9-4-3-5-15-13(9)20-2;1-11-7-5(6(8)10)3-2-4-9-7;1-4-2-9-7-5(8)3-10-6(4)7/h3-5,8,10-12H,6-7H2,1-2H3;2-4H,1H3;4-8H,2-3H2,1H3/t8-,10?,11?,12?;;4-,5+,6+,7+/m0.0/s1. The molecule has 0 amide bonds. The smallest absolute Gasteiger partial charge is 0.341 e. The molecule has 0 radical (unpaired) electrons. The number of aromatic nitrogens is 2. The molecule has 3 unspecified atom stereocenters. The summed E-state index contributed by atoms with van der Waals surface area (Å²) in [5.41, 5.74) is 0.969. The normalized spacial score (nSPS) is 31.3. The van der Waals surface area contributed by atoms with Crippen molar-refractivity contribution in [3.05, 3.63) is 47.8 Å². The Labute approximate surface area is 253 Å². The van der Waals surface area contributed by atoms with Gasteiger partial charge in [0.15, 0.2) is 6.10 Å². The van der Waals surface area contributed by atoms with Crippen molar-refractivity contribution in [2.45, 2.75) is 60.5 Å². The van der Waals surface area contributed by atoms with Gasteiger partial charge in [0, 0.05) is 24.2 Å². The van der Waals surface area contributed by atoms with E-state index in [2.05, 4.69) is 23.8 Å². The average Bonchev–Trinajstić information content (AvgIpc) is 3.76. The van der Waals surface area contributed by atoms with E-state index in [0.29, 0.717) is 52.8 Å². The number of esters is 1. The first-order chi connectivity index (χ1) is 19.7. The van der Waals surface area contributed by atoms with Crippen LogP contribution in [0.2, 0.25) is 0 Å². The number of carbonyl (C=O) groups is 2. The van der Waals surface area contributed by atoms with Crippen molar-refractivity contribution in [1.29, 1.82) is 0 Å². The molecule has 8 atom stereocenters. The monoisotopic (exact) mass is 626 g/mol. The van der Waals surface area contributed by atoms with Gasteiger partial charge in [0.2, 0.25) is 0 Å². The highest BCUT2D eigenvalue weighted by molar-refractivity contribution is 7.98. The van der Waals surface area contributed by atoms with E-state index in [1.165, 1.54) is 23.5 Å². The number of carbonyl (C=O) groups excluding carboxylic acids is 2. The molecular weight excluding hydrogens is 592 g/mol. The summed E-state index contributed by atoms with van der Waals surface area (Å²) in [6.45, 7) is 6.41. The topological polar surface area (TPSA) is 126 Å². The number of hydrogen-bond acceptors (Lipinski definition) is 12. The van der Waals surface area contributed by atoms with Crippen LogP contribution in [-0.4, -0.2) is 102 Å². The van der Waals surface area contributed by atoms with Crippen LogP contribution in [0.4, 0.5) is 0 Å². The molecule has 4 fully saturated rings. The van der Waals surface area contributed by atoms with Crippen LogP contribution < -0.4 is 0 Å². The lowest BCUT2D eigenvalue weighted by Crippen LogP contribution is -2.33. The first kappa shape index (κ1) is 32.2. The van der Waals surface area contributed by atoms with Crippen molar-refractivity contribution < 1.29 is 38.4 Å². The molecule has 4 aliphatic rings. The van der Waals surface area contributed by atoms with Gasteiger partial charge in [-0.15, -0.1) is 23.5 Å². The molecule has 4 aliphatic heterocycles. The van der Waals surface area contributed by atoms with Crippen molar-refractivity contribution in [2.75, 3.05) is 38.9 Å². The van der Waals surface area contributed by atoms with Gasteiger partial charge in [-0.1, -0.05) is 13.8 Å². The quantitative estimate of drug-likeness (QED) is 0.295. The number of ether oxygens (including phenoxy) is 5. The third kappa shape index (κ3) is 7.80. The fraction of sp³-hybridized carbons (Fsp3) is 0.571. The Morgan fingerprint density at radius 3 is 1.90 bits per heavy atom. The number of pyridine rings is 2. The van der Waals surface area contributed by atoms with E-state index in [1.807, 2.05) is 12.5 Å². The molecule has 6 heterocycles. The Morgan fingerprint density at radius 2 is 1.34 bits per heavy atom. The van der Waals surface area contributed by atoms with Gasteiger partial charge < -0.3 is 28.8 Å². The van der Waals surface area contributed by atoms with Crippen molar-refractivity contribution in [2.24, 2.45) is 11.8 Å². The van der Waals surface area contributed by atoms with Crippen molar-refractivity contribution >= 4 is 46.3 Å². The molecule has 0 aliphatic carbocycles. The minimum absolute atomic E-state index is 0.0433. The fourth-order valence-corrected chi connectivity index (χ4v) is 6.33. The Kier molecular flexibility index (Phi) is 11.8. The van der Waals surface area contributed by atoms with Crippen molar-refractivity contribution in [3.8, 4) is 0 Å². The predicted molar refractivity (Wildman–Crippen MR) is 155 cm³/mol. The van der Waals surface area contributed by atoms with E-state index in [9.17, 15) is 14.7 Å². The zero-order valence-corrected chi connectivity index (χ0v) is 25.7. The zero-order valence-electron chi connectivity index (χ0n) is 23.3. The lowest BCUT2D eigenvalue weighted by Gasteiger charge is -2.17. The molecule has 2 aromatic rings. The molecule has 41 heavy (non-hydrogen) atoms. The van der Waals surface area contributed by atoms with Crippen molar-refractivity contribution in [1.82, 2.24) is 9.97 Å². The molecule has 4 saturated heterocycles. The molecule has 2 aromatic heterocycles. The number of aliphatic hydroxyl groups is 1. The zero-order chi connectivity index (χ0) is 29.5. The molecule has 13 heteroatoms. The highest BCUT2D eigenvalue weighted by atomic mass is 35.5. The molecule has 1 N–H and O–H groups in total. The fourth-order valence-electron chi connectivity index (χ4n) is 5.04. The Bertz CT molecular complexity index is 1180. The maximum absolute atomic E-state index is 12.3. The summed E-state index contributed by atoms with van der Waals surface area (Å²) >= 11 is 8.13. The second-order valence-corrected chi connectivity index (χ2v) is 12.0. The average molecular weight is 627 g/mol. The lowest BCUT2D eigenvalue weighted by atomic mass is 10.0. The second kappa shape index (κ2) is 15.1. The lowest BCUT2D eigenvalue weighted by molar-refractivity contribution is -0.0161. The Hall–Kier alpha value is -1.77. The van der Waals surface area contributed by atoms with Crippen LogP contribution in [0.3, 0.4) is 0 Å². The maximum atomic E-state index is 12.3. The largest absolute Gasteiger partial charge is 0.453 e. The van der Waals surface area contributed by atoms with Crippen LogP contribution in [0.15, 0.2) is 46.7 Å². The highest BCUT2D eigenvalue weighted by Gasteiger charge is 2.48. The molecule has 0 saturated carbocycles. The van der Waals surface area contributed by atoms with E-state index in [0.717, 1.165) is 6.61 Å². The SMILES string of the molecule is CSc1ncccc1C(=O)Cl.CSc1ncccc1C(=O)OC1COC2C1OC[C@@H]2C.C[C@H]1CO[C@H]2[C@@H]1OC[C@H]2O. The third-order valence-electron chi connectivity index (χ3n) is 7.15. The second-order valence-electron chi connectivity index (χ2n) is 10.1. The van der Waals surface area contributed by atoms with E-state index >= 15 is 0 Å². The van der Waals surface area contributed by atoms with Crippen LogP contribution in [0.5, 0.6) is 0 Å². The van der Waals surface area contributed by atoms with E-state index in [4.69, 9.17) is 35.3 Å². The van der Waals surface area contributed by atoms with Gasteiger partial charge in [-0.2, -0.15) is 0 Å². The summed E-state index contributed by atoms with van der Waals surface area (Å²) in [7, 11) is 0.